The summed E-state index contributed by atoms with van der Waals surface area (Å²) in [5, 5.41) is 0.397. The van der Waals surface area contributed by atoms with Crippen LogP contribution in [0, 0.1) is 0 Å². The van der Waals surface area contributed by atoms with Gasteiger partial charge in [-0.05, 0) is 31.0 Å². The zero-order valence-electron chi connectivity index (χ0n) is 12.5. The van der Waals surface area contributed by atoms with Crippen LogP contribution in [0.3, 0.4) is 0 Å². The number of hydrogen-bond donors (Lipinski definition) is 0. The molecule has 6 heteroatoms. The van der Waals surface area contributed by atoms with E-state index in [4.69, 9.17) is 16.3 Å². The average molecular weight is 332 g/mol. The van der Waals surface area contributed by atoms with E-state index in [0.29, 0.717) is 17.3 Å². The quantitative estimate of drug-likeness (QED) is 0.826. The van der Waals surface area contributed by atoms with Gasteiger partial charge in [0.1, 0.15) is 10.6 Å². The summed E-state index contributed by atoms with van der Waals surface area (Å²) in [6.07, 6.45) is 5.22. The summed E-state index contributed by atoms with van der Waals surface area (Å²) in [6.45, 7) is 2.34. The standard InChI is InChI=1S/C15H22ClNO3S/c1-3-17(13-7-5-4-6-8-13)21(18,19)15-11-12(16)9-10-14(15)20-2/h9-11,13H,3-8H2,1-2H3. The summed E-state index contributed by atoms with van der Waals surface area (Å²) in [7, 11) is -2.12. The molecule has 1 fully saturated rings. The molecule has 0 unspecified atom stereocenters. The Morgan fingerprint density at radius 1 is 1.29 bits per heavy atom. The number of halogens is 1. The average Bonchev–Trinajstić information content (AvgIpc) is 2.49. The summed E-state index contributed by atoms with van der Waals surface area (Å²) in [6, 6.07) is 4.79. The molecule has 118 valence electrons. The highest BCUT2D eigenvalue weighted by molar-refractivity contribution is 7.89. The van der Waals surface area contributed by atoms with Crippen molar-refractivity contribution in [2.24, 2.45) is 0 Å². The van der Waals surface area contributed by atoms with Crippen molar-refractivity contribution in [1.29, 1.82) is 0 Å². The van der Waals surface area contributed by atoms with Crippen LogP contribution >= 0.6 is 11.6 Å². The summed E-state index contributed by atoms with van der Waals surface area (Å²) in [5.41, 5.74) is 0. The van der Waals surface area contributed by atoms with Gasteiger partial charge in [0, 0.05) is 17.6 Å². The van der Waals surface area contributed by atoms with Gasteiger partial charge in [0.05, 0.1) is 7.11 Å². The number of hydrogen-bond acceptors (Lipinski definition) is 3. The van der Waals surface area contributed by atoms with Crippen LogP contribution in [0.4, 0.5) is 0 Å². The Kier molecular flexibility index (Phi) is 5.52. The Bertz CT molecular complexity index is 583. The van der Waals surface area contributed by atoms with E-state index in [-0.39, 0.29) is 10.9 Å². The van der Waals surface area contributed by atoms with Gasteiger partial charge in [0.15, 0.2) is 0 Å². The minimum Gasteiger partial charge on any atom is -0.495 e. The van der Waals surface area contributed by atoms with Crippen molar-refractivity contribution in [2.45, 2.75) is 50.0 Å². The maximum atomic E-state index is 13.0. The molecule has 1 aliphatic carbocycles. The molecule has 21 heavy (non-hydrogen) atoms. The number of sulfonamides is 1. The van der Waals surface area contributed by atoms with E-state index in [9.17, 15) is 8.42 Å². The normalized spacial score (nSPS) is 17.1. The van der Waals surface area contributed by atoms with E-state index in [1.54, 1.807) is 16.4 Å². The molecule has 0 N–H and O–H groups in total. The van der Waals surface area contributed by atoms with Crippen molar-refractivity contribution in [3.05, 3.63) is 23.2 Å². The minimum absolute atomic E-state index is 0.0810. The highest BCUT2D eigenvalue weighted by atomic mass is 35.5. The van der Waals surface area contributed by atoms with Gasteiger partial charge in [-0.25, -0.2) is 8.42 Å². The van der Waals surface area contributed by atoms with Crippen molar-refractivity contribution in [1.82, 2.24) is 4.31 Å². The summed E-state index contributed by atoms with van der Waals surface area (Å²) in [4.78, 5) is 0.157. The maximum absolute atomic E-state index is 13.0. The lowest BCUT2D eigenvalue weighted by atomic mass is 9.95. The number of benzene rings is 1. The Hall–Kier alpha value is -0.780. The first-order chi connectivity index (χ1) is 10.0. The molecule has 2 rings (SSSR count). The fourth-order valence-electron chi connectivity index (χ4n) is 2.97. The zero-order chi connectivity index (χ0) is 15.5. The maximum Gasteiger partial charge on any atom is 0.247 e. The van der Waals surface area contributed by atoms with Crippen molar-refractivity contribution >= 4 is 21.6 Å². The van der Waals surface area contributed by atoms with Gasteiger partial charge in [0.25, 0.3) is 0 Å². The molecule has 1 aromatic rings. The van der Waals surface area contributed by atoms with Crippen LogP contribution in [0.2, 0.25) is 5.02 Å². The van der Waals surface area contributed by atoms with Gasteiger partial charge < -0.3 is 4.74 Å². The lowest BCUT2D eigenvalue weighted by molar-refractivity contribution is 0.260. The Morgan fingerprint density at radius 3 is 2.52 bits per heavy atom. The second kappa shape index (κ2) is 6.99. The van der Waals surface area contributed by atoms with Gasteiger partial charge >= 0.3 is 0 Å². The highest BCUT2D eigenvalue weighted by Crippen LogP contribution is 2.33. The van der Waals surface area contributed by atoms with E-state index in [2.05, 4.69) is 0 Å². The van der Waals surface area contributed by atoms with Crippen LogP contribution < -0.4 is 4.74 Å². The predicted molar refractivity (Wildman–Crippen MR) is 84.4 cm³/mol. The number of methoxy groups -OCH3 is 1. The molecule has 0 amide bonds. The number of ether oxygens (including phenoxy) is 1. The van der Waals surface area contributed by atoms with Crippen LogP contribution in [0.25, 0.3) is 0 Å². The summed E-state index contributed by atoms with van der Waals surface area (Å²) >= 11 is 5.97. The van der Waals surface area contributed by atoms with E-state index >= 15 is 0 Å². The lowest BCUT2D eigenvalue weighted by Gasteiger charge is -2.32. The van der Waals surface area contributed by atoms with Gasteiger partial charge in [-0.3, -0.25) is 0 Å². The van der Waals surface area contributed by atoms with Crippen LogP contribution in [0.1, 0.15) is 39.0 Å². The molecule has 0 spiro atoms. The third-order valence-electron chi connectivity index (χ3n) is 4.01. The molecule has 0 radical (unpaired) electrons. The van der Waals surface area contributed by atoms with E-state index in [1.807, 2.05) is 6.92 Å². The molecule has 0 aliphatic heterocycles. The third-order valence-corrected chi connectivity index (χ3v) is 6.29. The fraction of sp³-hybridized carbons (Fsp3) is 0.600. The van der Waals surface area contributed by atoms with Gasteiger partial charge in [0.2, 0.25) is 10.0 Å². The first-order valence-corrected chi connectivity index (χ1v) is 9.18. The Labute approximate surface area is 132 Å². The van der Waals surface area contributed by atoms with Crippen LogP contribution in [0.5, 0.6) is 5.75 Å². The zero-order valence-corrected chi connectivity index (χ0v) is 14.1. The van der Waals surface area contributed by atoms with Crippen LogP contribution in [-0.4, -0.2) is 32.4 Å². The molecule has 0 aromatic heterocycles. The number of nitrogens with zero attached hydrogens (tertiary/aromatic N) is 1. The van der Waals surface area contributed by atoms with Crippen molar-refractivity contribution in [3.63, 3.8) is 0 Å². The molecule has 0 heterocycles. The summed E-state index contributed by atoms with van der Waals surface area (Å²) < 4.78 is 32.8. The lowest BCUT2D eigenvalue weighted by Crippen LogP contribution is -2.41. The van der Waals surface area contributed by atoms with Crippen molar-refractivity contribution < 1.29 is 13.2 Å². The monoisotopic (exact) mass is 331 g/mol. The topological polar surface area (TPSA) is 46.6 Å². The predicted octanol–water partition coefficient (Wildman–Crippen LogP) is 3.69. The molecule has 4 nitrogen and oxygen atoms in total. The van der Waals surface area contributed by atoms with Crippen molar-refractivity contribution in [2.75, 3.05) is 13.7 Å². The molecular weight excluding hydrogens is 310 g/mol. The number of rotatable bonds is 5. The van der Waals surface area contributed by atoms with Gasteiger partial charge in [-0.1, -0.05) is 37.8 Å². The van der Waals surface area contributed by atoms with Gasteiger partial charge in [-0.2, -0.15) is 4.31 Å². The highest BCUT2D eigenvalue weighted by Gasteiger charge is 2.33. The van der Waals surface area contributed by atoms with Crippen LogP contribution in [0.15, 0.2) is 23.1 Å². The van der Waals surface area contributed by atoms with Crippen LogP contribution in [-0.2, 0) is 10.0 Å². The van der Waals surface area contributed by atoms with Gasteiger partial charge in [-0.15, -0.1) is 0 Å². The van der Waals surface area contributed by atoms with E-state index in [0.717, 1.165) is 25.7 Å². The molecule has 1 aliphatic rings. The largest absolute Gasteiger partial charge is 0.495 e. The fourth-order valence-corrected chi connectivity index (χ4v) is 5.09. The second-order valence-corrected chi connectivity index (χ2v) is 7.59. The van der Waals surface area contributed by atoms with Crippen molar-refractivity contribution in [3.8, 4) is 5.75 Å². The molecule has 0 saturated heterocycles. The first kappa shape index (κ1) is 16.6. The molecule has 0 bridgehead atoms. The molecule has 0 atom stereocenters. The summed E-state index contributed by atoms with van der Waals surface area (Å²) in [5.74, 6) is 0.341. The van der Waals surface area contributed by atoms with E-state index < -0.39 is 10.0 Å². The smallest absolute Gasteiger partial charge is 0.247 e. The minimum atomic E-state index is -3.59. The second-order valence-electron chi connectivity index (χ2n) is 5.30. The first-order valence-electron chi connectivity index (χ1n) is 7.36. The molecule has 1 saturated carbocycles. The molecular formula is C15H22ClNO3S. The Balaban J connectivity index is 2.41. The molecule has 1 aromatic carbocycles. The third kappa shape index (κ3) is 3.52. The SMILES string of the molecule is CCN(C1CCCCC1)S(=O)(=O)c1cc(Cl)ccc1OC. The van der Waals surface area contributed by atoms with E-state index in [1.165, 1.54) is 19.6 Å². The Morgan fingerprint density at radius 2 is 1.95 bits per heavy atom.